The number of carbonyl (C=O) groups is 1. The minimum atomic E-state index is -0.788. The van der Waals surface area contributed by atoms with Crippen molar-refractivity contribution in [2.45, 2.75) is 51.7 Å². The molecule has 1 aliphatic carbocycles. The Balaban J connectivity index is 1.79. The van der Waals surface area contributed by atoms with Crippen LogP contribution in [-0.2, 0) is 0 Å². The van der Waals surface area contributed by atoms with Crippen LogP contribution in [0.4, 0.5) is 4.79 Å². The SMILES string of the molecule is CC(C)(C)CC1(NC(=O)NC[C@H](O)c2ccc(O)cc2)CC1. The second-order valence-corrected chi connectivity index (χ2v) is 7.46. The van der Waals surface area contributed by atoms with Crippen LogP contribution < -0.4 is 10.6 Å². The maximum absolute atomic E-state index is 12.0. The van der Waals surface area contributed by atoms with Crippen LogP contribution in [0.3, 0.4) is 0 Å². The van der Waals surface area contributed by atoms with Crippen LogP contribution in [-0.4, -0.2) is 28.3 Å². The fourth-order valence-electron chi connectivity index (χ4n) is 2.80. The third kappa shape index (κ3) is 4.91. The van der Waals surface area contributed by atoms with Crippen molar-refractivity contribution in [1.82, 2.24) is 10.6 Å². The van der Waals surface area contributed by atoms with E-state index < -0.39 is 6.10 Å². The molecule has 1 aliphatic rings. The molecule has 122 valence electrons. The molecule has 0 aromatic heterocycles. The highest BCUT2D eigenvalue weighted by Crippen LogP contribution is 2.44. The summed E-state index contributed by atoms with van der Waals surface area (Å²) < 4.78 is 0. The van der Waals surface area contributed by atoms with Crippen LogP contribution in [0.25, 0.3) is 0 Å². The van der Waals surface area contributed by atoms with Gasteiger partial charge in [-0.3, -0.25) is 0 Å². The van der Waals surface area contributed by atoms with Crippen molar-refractivity contribution < 1.29 is 15.0 Å². The lowest BCUT2D eigenvalue weighted by atomic mass is 9.87. The number of rotatable bonds is 5. The molecular weight excluding hydrogens is 280 g/mol. The Kier molecular flexibility index (Phi) is 4.66. The lowest BCUT2D eigenvalue weighted by molar-refractivity contribution is 0.171. The van der Waals surface area contributed by atoms with Crippen molar-refractivity contribution in [3.05, 3.63) is 29.8 Å². The number of phenols is 1. The van der Waals surface area contributed by atoms with Gasteiger partial charge in [-0.2, -0.15) is 0 Å². The van der Waals surface area contributed by atoms with E-state index in [-0.39, 0.29) is 29.3 Å². The molecule has 0 aliphatic heterocycles. The van der Waals surface area contributed by atoms with Crippen LogP contribution in [0.1, 0.15) is 51.7 Å². The monoisotopic (exact) mass is 306 g/mol. The zero-order chi connectivity index (χ0) is 16.4. The summed E-state index contributed by atoms with van der Waals surface area (Å²) >= 11 is 0. The van der Waals surface area contributed by atoms with Crippen LogP contribution in [0.2, 0.25) is 0 Å². The number of carbonyl (C=O) groups excluding carboxylic acids is 1. The van der Waals surface area contributed by atoms with Crippen molar-refractivity contribution >= 4 is 6.03 Å². The van der Waals surface area contributed by atoms with Crippen LogP contribution in [0.5, 0.6) is 5.75 Å². The fraction of sp³-hybridized carbons (Fsp3) is 0.588. The first-order chi connectivity index (χ1) is 10.2. The lowest BCUT2D eigenvalue weighted by Crippen LogP contribution is -2.46. The van der Waals surface area contributed by atoms with Crippen molar-refractivity contribution in [1.29, 1.82) is 0 Å². The van der Waals surface area contributed by atoms with E-state index in [0.717, 1.165) is 19.3 Å². The van der Waals surface area contributed by atoms with Gasteiger partial charge in [0.25, 0.3) is 0 Å². The lowest BCUT2D eigenvalue weighted by Gasteiger charge is -2.27. The third-order valence-electron chi connectivity index (χ3n) is 3.83. The molecule has 1 fully saturated rings. The van der Waals surface area contributed by atoms with E-state index in [4.69, 9.17) is 0 Å². The number of phenolic OH excluding ortho intramolecular Hbond substituents is 1. The summed E-state index contributed by atoms with van der Waals surface area (Å²) in [6.45, 7) is 6.64. The van der Waals surface area contributed by atoms with Gasteiger partial charge in [0.05, 0.1) is 6.10 Å². The Morgan fingerprint density at radius 2 is 1.86 bits per heavy atom. The highest BCUT2D eigenvalue weighted by atomic mass is 16.3. The Morgan fingerprint density at radius 1 is 1.27 bits per heavy atom. The molecular formula is C17H26N2O3. The highest BCUT2D eigenvalue weighted by molar-refractivity contribution is 5.75. The molecule has 0 unspecified atom stereocenters. The minimum Gasteiger partial charge on any atom is -0.508 e. The quantitative estimate of drug-likeness (QED) is 0.675. The first-order valence-electron chi connectivity index (χ1n) is 7.72. The number of nitrogens with one attached hydrogen (secondary N) is 2. The van der Waals surface area contributed by atoms with E-state index in [1.54, 1.807) is 12.1 Å². The number of urea groups is 1. The third-order valence-corrected chi connectivity index (χ3v) is 3.83. The van der Waals surface area contributed by atoms with Gasteiger partial charge < -0.3 is 20.8 Å². The summed E-state index contributed by atoms with van der Waals surface area (Å²) in [6, 6.07) is 6.07. The Labute approximate surface area is 131 Å². The molecule has 0 bridgehead atoms. The standard InChI is InChI=1S/C17H26N2O3/c1-16(2,3)11-17(8-9-17)19-15(22)18-10-14(21)12-4-6-13(20)7-5-12/h4-7,14,20-21H,8-11H2,1-3H3,(H2,18,19,22)/t14-/m0/s1. The molecule has 1 aromatic carbocycles. The number of amides is 2. The average molecular weight is 306 g/mol. The van der Waals surface area contributed by atoms with Crippen molar-refractivity contribution in [3.8, 4) is 5.75 Å². The average Bonchev–Trinajstić information content (AvgIpc) is 3.13. The van der Waals surface area contributed by atoms with Gasteiger partial charge >= 0.3 is 6.03 Å². The summed E-state index contributed by atoms with van der Waals surface area (Å²) in [7, 11) is 0. The van der Waals surface area contributed by atoms with Gasteiger partial charge in [-0.05, 0) is 42.4 Å². The summed E-state index contributed by atoms with van der Waals surface area (Å²) in [4.78, 5) is 12.0. The molecule has 4 N–H and O–H groups in total. The van der Waals surface area contributed by atoms with Gasteiger partial charge in [-0.25, -0.2) is 4.79 Å². The molecule has 1 atom stereocenters. The number of aromatic hydroxyl groups is 1. The normalized spacial score (nSPS) is 17.6. The predicted octanol–water partition coefficient (Wildman–Crippen LogP) is 2.69. The maximum atomic E-state index is 12.0. The van der Waals surface area contributed by atoms with Crippen molar-refractivity contribution in [2.75, 3.05) is 6.54 Å². The van der Waals surface area contributed by atoms with Gasteiger partial charge in [-0.15, -0.1) is 0 Å². The van der Waals surface area contributed by atoms with Gasteiger partial charge in [-0.1, -0.05) is 32.9 Å². The smallest absolute Gasteiger partial charge is 0.315 e. The number of hydrogen-bond donors (Lipinski definition) is 4. The molecule has 1 saturated carbocycles. The second-order valence-electron chi connectivity index (χ2n) is 7.46. The van der Waals surface area contributed by atoms with E-state index in [1.807, 2.05) is 0 Å². The Morgan fingerprint density at radius 3 is 2.36 bits per heavy atom. The van der Waals surface area contributed by atoms with Crippen molar-refractivity contribution in [2.24, 2.45) is 5.41 Å². The van der Waals surface area contributed by atoms with E-state index in [0.29, 0.717) is 5.56 Å². The second kappa shape index (κ2) is 6.16. The predicted molar refractivity (Wildman–Crippen MR) is 85.6 cm³/mol. The first-order valence-corrected chi connectivity index (χ1v) is 7.72. The van der Waals surface area contributed by atoms with Gasteiger partial charge in [0, 0.05) is 12.1 Å². The van der Waals surface area contributed by atoms with Crippen LogP contribution in [0.15, 0.2) is 24.3 Å². The fourth-order valence-corrected chi connectivity index (χ4v) is 2.80. The topological polar surface area (TPSA) is 81.6 Å². The minimum absolute atomic E-state index is 0.0776. The Bertz CT molecular complexity index is 516. The zero-order valence-electron chi connectivity index (χ0n) is 13.5. The molecule has 2 amide bonds. The van der Waals surface area contributed by atoms with E-state index in [9.17, 15) is 15.0 Å². The van der Waals surface area contributed by atoms with Gasteiger partial charge in [0.15, 0.2) is 0 Å². The van der Waals surface area contributed by atoms with E-state index >= 15 is 0 Å². The van der Waals surface area contributed by atoms with E-state index in [2.05, 4.69) is 31.4 Å². The molecule has 2 rings (SSSR count). The summed E-state index contributed by atoms with van der Waals surface area (Å²) in [5.41, 5.74) is 0.759. The zero-order valence-corrected chi connectivity index (χ0v) is 13.5. The Hall–Kier alpha value is -1.75. The number of aliphatic hydroxyl groups excluding tert-OH is 1. The first kappa shape index (κ1) is 16.6. The number of benzene rings is 1. The molecule has 0 saturated heterocycles. The molecule has 1 aromatic rings. The largest absolute Gasteiger partial charge is 0.508 e. The molecule has 0 heterocycles. The van der Waals surface area contributed by atoms with Gasteiger partial charge in [0.2, 0.25) is 0 Å². The molecule has 5 nitrogen and oxygen atoms in total. The number of aliphatic hydroxyl groups is 1. The van der Waals surface area contributed by atoms with Crippen LogP contribution in [0, 0.1) is 5.41 Å². The van der Waals surface area contributed by atoms with Crippen LogP contribution >= 0.6 is 0 Å². The molecule has 0 spiro atoms. The molecule has 0 radical (unpaired) electrons. The number of hydrogen-bond acceptors (Lipinski definition) is 3. The summed E-state index contributed by atoms with van der Waals surface area (Å²) in [6.07, 6.45) is 2.19. The van der Waals surface area contributed by atoms with Crippen molar-refractivity contribution in [3.63, 3.8) is 0 Å². The van der Waals surface area contributed by atoms with E-state index in [1.165, 1.54) is 12.1 Å². The maximum Gasteiger partial charge on any atom is 0.315 e. The molecule has 22 heavy (non-hydrogen) atoms. The summed E-state index contributed by atoms with van der Waals surface area (Å²) in [5.74, 6) is 0.152. The summed E-state index contributed by atoms with van der Waals surface area (Å²) in [5, 5.41) is 25.0. The molecule has 5 heteroatoms. The highest BCUT2D eigenvalue weighted by Gasteiger charge is 2.46. The van der Waals surface area contributed by atoms with Gasteiger partial charge in [0.1, 0.15) is 5.75 Å².